The number of aromatic nitrogens is 2. The maximum Gasteiger partial charge on any atom is 0.268 e. The maximum absolute atomic E-state index is 13.4. The molecule has 0 radical (unpaired) electrons. The highest BCUT2D eigenvalue weighted by molar-refractivity contribution is 6.08. The minimum absolute atomic E-state index is 0.0923. The molecule has 3 aromatic rings. The monoisotopic (exact) mass is 419 g/mol. The van der Waals surface area contributed by atoms with E-state index in [2.05, 4.69) is 10.3 Å². The Balaban J connectivity index is 1.90. The van der Waals surface area contributed by atoms with Crippen molar-refractivity contribution in [3.63, 3.8) is 0 Å². The highest BCUT2D eigenvalue weighted by atomic mass is 19.1. The largest absolute Gasteiger partial charge is 0.306 e. The van der Waals surface area contributed by atoms with Crippen LogP contribution in [0.1, 0.15) is 52.1 Å². The Labute approximate surface area is 178 Å². The molecular formula is C24H22FN3O3. The van der Waals surface area contributed by atoms with Crippen LogP contribution in [0.3, 0.4) is 0 Å². The van der Waals surface area contributed by atoms with Crippen LogP contribution in [0, 0.1) is 18.2 Å². The van der Waals surface area contributed by atoms with Crippen molar-refractivity contribution in [2.45, 2.75) is 33.6 Å². The quantitative estimate of drug-likeness (QED) is 0.693. The van der Waals surface area contributed by atoms with Crippen molar-refractivity contribution in [3.8, 4) is 5.69 Å². The van der Waals surface area contributed by atoms with Gasteiger partial charge in [0.15, 0.2) is 5.78 Å². The van der Waals surface area contributed by atoms with Gasteiger partial charge in [-0.3, -0.25) is 19.0 Å². The number of amides is 1. The first-order chi connectivity index (χ1) is 14.6. The zero-order valence-electron chi connectivity index (χ0n) is 17.5. The van der Waals surface area contributed by atoms with Crippen LogP contribution in [0.25, 0.3) is 5.69 Å². The second-order valence-corrected chi connectivity index (χ2v) is 8.66. The zero-order chi connectivity index (χ0) is 22.3. The molecule has 1 aromatic carbocycles. The SMILES string of the molecule is Cc1ccc(NC(=O)c2c3c(cn(-c4ccc(F)cc4)c2=O)C(=O)CC(C)(C)C3)nc1. The molecule has 0 fully saturated rings. The van der Waals surface area contributed by atoms with Crippen LogP contribution < -0.4 is 10.9 Å². The molecule has 4 rings (SSSR count). The summed E-state index contributed by atoms with van der Waals surface area (Å²) in [6, 6.07) is 8.76. The fraction of sp³-hybridized carbons (Fsp3) is 0.250. The van der Waals surface area contributed by atoms with Gasteiger partial charge in [0.05, 0.1) is 0 Å². The first-order valence-corrected chi connectivity index (χ1v) is 9.96. The maximum atomic E-state index is 13.4. The van der Waals surface area contributed by atoms with E-state index in [9.17, 15) is 18.8 Å². The molecule has 1 amide bonds. The standard InChI is InChI=1S/C24H22FN3O3/c1-14-4-9-20(26-12-14)27-22(30)21-17-10-24(2,3)11-19(29)18(17)13-28(23(21)31)16-7-5-15(25)6-8-16/h4-9,12-13H,10-11H2,1-3H3,(H,26,27,30). The van der Waals surface area contributed by atoms with Crippen molar-refractivity contribution in [2.24, 2.45) is 5.41 Å². The number of halogens is 1. The summed E-state index contributed by atoms with van der Waals surface area (Å²) in [5, 5.41) is 2.67. The fourth-order valence-electron chi connectivity index (χ4n) is 3.89. The van der Waals surface area contributed by atoms with E-state index in [1.165, 1.54) is 35.0 Å². The van der Waals surface area contributed by atoms with Crippen molar-refractivity contribution in [3.05, 3.63) is 87.2 Å². The molecule has 0 spiro atoms. The van der Waals surface area contributed by atoms with Crippen molar-refractivity contribution in [1.82, 2.24) is 9.55 Å². The molecule has 0 bridgehead atoms. The third-order valence-electron chi connectivity index (χ3n) is 5.40. The number of aryl methyl sites for hydroxylation is 1. The van der Waals surface area contributed by atoms with E-state index in [4.69, 9.17) is 0 Å². The zero-order valence-corrected chi connectivity index (χ0v) is 17.5. The molecule has 6 nitrogen and oxygen atoms in total. The van der Waals surface area contributed by atoms with Crippen LogP contribution in [0.5, 0.6) is 0 Å². The van der Waals surface area contributed by atoms with E-state index in [-0.39, 0.29) is 16.8 Å². The lowest BCUT2D eigenvalue weighted by atomic mass is 9.73. The van der Waals surface area contributed by atoms with Gasteiger partial charge in [-0.05, 0) is 60.2 Å². The first kappa shape index (κ1) is 20.7. The molecule has 2 heterocycles. The molecule has 0 atom stereocenters. The Hall–Kier alpha value is -3.61. The Bertz CT molecular complexity index is 1240. The Morgan fingerprint density at radius 2 is 1.81 bits per heavy atom. The van der Waals surface area contributed by atoms with Gasteiger partial charge in [0, 0.05) is 30.1 Å². The summed E-state index contributed by atoms with van der Waals surface area (Å²) in [5.74, 6) is -0.900. The number of carbonyl (C=O) groups excluding carboxylic acids is 2. The van der Waals surface area contributed by atoms with Crippen LogP contribution in [-0.4, -0.2) is 21.2 Å². The number of ketones is 1. The minimum atomic E-state index is -0.625. The van der Waals surface area contributed by atoms with Gasteiger partial charge in [0.2, 0.25) is 0 Å². The second kappa shape index (κ2) is 7.58. The van der Waals surface area contributed by atoms with Crippen LogP contribution in [-0.2, 0) is 6.42 Å². The predicted octanol–water partition coefficient (Wildman–Crippen LogP) is 4.09. The van der Waals surface area contributed by atoms with Gasteiger partial charge in [-0.1, -0.05) is 19.9 Å². The van der Waals surface area contributed by atoms with Crippen LogP contribution >= 0.6 is 0 Å². The molecular weight excluding hydrogens is 397 g/mol. The summed E-state index contributed by atoms with van der Waals surface area (Å²) in [6.45, 7) is 5.74. The number of nitrogens with one attached hydrogen (secondary N) is 1. The second-order valence-electron chi connectivity index (χ2n) is 8.66. The topological polar surface area (TPSA) is 81.1 Å². The Kier molecular flexibility index (Phi) is 5.05. The number of hydrogen-bond acceptors (Lipinski definition) is 4. The summed E-state index contributed by atoms with van der Waals surface area (Å²) in [6.07, 6.45) is 3.79. The number of rotatable bonds is 3. The smallest absolute Gasteiger partial charge is 0.268 e. The minimum Gasteiger partial charge on any atom is -0.306 e. The molecule has 0 aliphatic heterocycles. The highest BCUT2D eigenvalue weighted by Crippen LogP contribution is 2.36. The number of carbonyl (C=O) groups is 2. The molecule has 7 heteroatoms. The van der Waals surface area contributed by atoms with Gasteiger partial charge in [-0.15, -0.1) is 0 Å². The number of hydrogen-bond donors (Lipinski definition) is 1. The average Bonchev–Trinajstić information content (AvgIpc) is 2.69. The van der Waals surface area contributed by atoms with Crippen LogP contribution in [0.2, 0.25) is 0 Å². The number of anilines is 1. The molecule has 2 aromatic heterocycles. The molecule has 1 aliphatic rings. The van der Waals surface area contributed by atoms with Crippen LogP contribution in [0.15, 0.2) is 53.6 Å². The van der Waals surface area contributed by atoms with E-state index in [1.807, 2.05) is 20.8 Å². The summed E-state index contributed by atoms with van der Waals surface area (Å²) in [7, 11) is 0. The molecule has 31 heavy (non-hydrogen) atoms. The lowest BCUT2D eigenvalue weighted by Crippen LogP contribution is -2.37. The molecule has 0 saturated heterocycles. The average molecular weight is 419 g/mol. The van der Waals surface area contributed by atoms with E-state index in [0.29, 0.717) is 35.5 Å². The van der Waals surface area contributed by atoms with E-state index in [0.717, 1.165) is 5.56 Å². The predicted molar refractivity (Wildman–Crippen MR) is 115 cm³/mol. The van der Waals surface area contributed by atoms with E-state index < -0.39 is 17.3 Å². The number of Topliss-reactive ketones (excluding diaryl/α,β-unsaturated/α-hetero) is 1. The summed E-state index contributed by atoms with van der Waals surface area (Å²) in [5.41, 5.74) is 1.04. The molecule has 0 unspecified atom stereocenters. The summed E-state index contributed by atoms with van der Waals surface area (Å²) >= 11 is 0. The van der Waals surface area contributed by atoms with E-state index in [1.54, 1.807) is 18.3 Å². The molecule has 1 N–H and O–H groups in total. The molecule has 0 saturated carbocycles. The Morgan fingerprint density at radius 1 is 1.10 bits per heavy atom. The number of pyridine rings is 2. The van der Waals surface area contributed by atoms with Gasteiger partial charge in [-0.2, -0.15) is 0 Å². The number of nitrogens with zero attached hydrogens (tertiary/aromatic N) is 2. The normalized spacial score (nSPS) is 14.8. The Morgan fingerprint density at radius 3 is 2.45 bits per heavy atom. The summed E-state index contributed by atoms with van der Waals surface area (Å²) in [4.78, 5) is 43.7. The molecule has 1 aliphatic carbocycles. The van der Waals surface area contributed by atoms with Gasteiger partial charge >= 0.3 is 0 Å². The number of benzene rings is 1. The van der Waals surface area contributed by atoms with Gasteiger partial charge < -0.3 is 5.32 Å². The van der Waals surface area contributed by atoms with E-state index >= 15 is 0 Å². The lowest BCUT2D eigenvalue weighted by molar-refractivity contribution is 0.0910. The molecule has 158 valence electrons. The lowest BCUT2D eigenvalue weighted by Gasteiger charge is -2.31. The van der Waals surface area contributed by atoms with Gasteiger partial charge in [0.25, 0.3) is 11.5 Å². The van der Waals surface area contributed by atoms with Crippen molar-refractivity contribution in [1.29, 1.82) is 0 Å². The highest BCUT2D eigenvalue weighted by Gasteiger charge is 2.36. The van der Waals surface area contributed by atoms with Gasteiger partial charge in [0.1, 0.15) is 17.2 Å². The summed E-state index contributed by atoms with van der Waals surface area (Å²) < 4.78 is 14.6. The fourth-order valence-corrected chi connectivity index (χ4v) is 3.89. The number of fused-ring (bicyclic) bond motifs is 1. The van der Waals surface area contributed by atoms with Crippen molar-refractivity contribution >= 4 is 17.5 Å². The van der Waals surface area contributed by atoms with Crippen molar-refractivity contribution in [2.75, 3.05) is 5.32 Å². The van der Waals surface area contributed by atoms with Crippen LogP contribution in [0.4, 0.5) is 10.2 Å². The third-order valence-corrected chi connectivity index (χ3v) is 5.40. The third kappa shape index (κ3) is 4.03. The first-order valence-electron chi connectivity index (χ1n) is 9.96. The van der Waals surface area contributed by atoms with Crippen molar-refractivity contribution < 1.29 is 14.0 Å². The van der Waals surface area contributed by atoms with Gasteiger partial charge in [-0.25, -0.2) is 9.37 Å².